The summed E-state index contributed by atoms with van der Waals surface area (Å²) in [4.78, 5) is 14.1. The Bertz CT molecular complexity index is 1300. The third-order valence-electron chi connectivity index (χ3n) is 5.54. The number of benzene rings is 4. The zero-order valence-corrected chi connectivity index (χ0v) is 20.7. The van der Waals surface area contributed by atoms with Gasteiger partial charge in [0, 0.05) is 9.92 Å². The number of carbonyl (C=O) groups excluding carboxylic acids is 1. The van der Waals surface area contributed by atoms with Gasteiger partial charge >= 0.3 is 5.97 Å². The highest BCUT2D eigenvalue weighted by molar-refractivity contribution is 7.99. The van der Waals surface area contributed by atoms with Crippen LogP contribution in [0.5, 0.6) is 0 Å². The molecule has 34 heavy (non-hydrogen) atoms. The molecule has 0 spiro atoms. The van der Waals surface area contributed by atoms with Gasteiger partial charge in [0.15, 0.2) is 0 Å². The summed E-state index contributed by atoms with van der Waals surface area (Å²) >= 11 is 7.94. The Morgan fingerprint density at radius 1 is 0.941 bits per heavy atom. The summed E-state index contributed by atoms with van der Waals surface area (Å²) < 4.78 is 5.43. The van der Waals surface area contributed by atoms with Gasteiger partial charge in [-0.05, 0) is 77.3 Å². The van der Waals surface area contributed by atoms with Crippen LogP contribution in [0.3, 0.4) is 0 Å². The van der Waals surface area contributed by atoms with Crippen LogP contribution in [-0.2, 0) is 4.74 Å². The van der Waals surface area contributed by atoms with Crippen LogP contribution in [0.4, 0.5) is 0 Å². The van der Waals surface area contributed by atoms with Crippen LogP contribution >= 0.6 is 23.4 Å². The first-order valence-electron chi connectivity index (χ1n) is 11.5. The Hall–Kier alpha value is -3.01. The van der Waals surface area contributed by atoms with Crippen molar-refractivity contribution in [1.82, 2.24) is 0 Å². The van der Waals surface area contributed by atoms with Gasteiger partial charge in [-0.15, -0.1) is 11.8 Å². The number of carbonyl (C=O) groups is 1. The van der Waals surface area contributed by atoms with Gasteiger partial charge in [0.1, 0.15) is 0 Å². The van der Waals surface area contributed by atoms with Crippen LogP contribution in [0.2, 0.25) is 5.02 Å². The van der Waals surface area contributed by atoms with Crippen molar-refractivity contribution in [3.05, 3.63) is 113 Å². The number of fused-ring (bicyclic) bond motifs is 1. The van der Waals surface area contributed by atoms with Gasteiger partial charge in [0.05, 0.1) is 12.2 Å². The second kappa shape index (κ2) is 11.9. The molecule has 0 saturated heterocycles. The number of hydrogen-bond acceptors (Lipinski definition) is 3. The average molecular weight is 487 g/mol. The normalized spacial score (nSPS) is 11.5. The lowest BCUT2D eigenvalue weighted by atomic mass is 9.89. The van der Waals surface area contributed by atoms with Crippen molar-refractivity contribution in [1.29, 1.82) is 0 Å². The Labute approximate surface area is 210 Å². The molecule has 0 N–H and O–H groups in total. The number of halogens is 1. The van der Waals surface area contributed by atoms with Crippen LogP contribution in [0.15, 0.2) is 95.9 Å². The van der Waals surface area contributed by atoms with Crippen molar-refractivity contribution >= 4 is 51.8 Å². The third kappa shape index (κ3) is 6.11. The molecule has 0 aromatic heterocycles. The first-order valence-corrected chi connectivity index (χ1v) is 12.9. The molecule has 0 aliphatic heterocycles. The number of esters is 1. The molecule has 4 heteroatoms. The molecule has 0 fully saturated rings. The third-order valence-corrected chi connectivity index (χ3v) is 6.86. The van der Waals surface area contributed by atoms with Crippen LogP contribution in [0.1, 0.15) is 41.3 Å². The zero-order chi connectivity index (χ0) is 23.8. The molecule has 172 valence electrons. The molecule has 4 rings (SSSR count). The summed E-state index contributed by atoms with van der Waals surface area (Å²) in [5.41, 5.74) is 3.83. The van der Waals surface area contributed by atoms with Crippen molar-refractivity contribution in [3.8, 4) is 0 Å². The monoisotopic (exact) mass is 486 g/mol. The molecule has 0 aliphatic rings. The molecule has 0 atom stereocenters. The predicted octanol–water partition coefficient (Wildman–Crippen LogP) is 8.78. The summed E-state index contributed by atoms with van der Waals surface area (Å²) in [5, 5.41) is 2.93. The van der Waals surface area contributed by atoms with Crippen LogP contribution in [0, 0.1) is 0 Å². The lowest BCUT2D eigenvalue weighted by molar-refractivity contribution is 0.0526. The highest BCUT2D eigenvalue weighted by Gasteiger charge is 2.18. The highest BCUT2D eigenvalue weighted by Crippen LogP contribution is 2.34. The number of allylic oxidation sites excluding steroid dienone is 1. The molecular weight excluding hydrogens is 460 g/mol. The van der Waals surface area contributed by atoms with E-state index in [1.807, 2.05) is 67.6 Å². The minimum atomic E-state index is -0.282. The summed E-state index contributed by atoms with van der Waals surface area (Å²) in [6.07, 6.45) is 4.00. The summed E-state index contributed by atoms with van der Waals surface area (Å²) in [5.74, 6) is 0.668. The maximum Gasteiger partial charge on any atom is 0.338 e. The smallest absolute Gasteiger partial charge is 0.338 e. The maximum absolute atomic E-state index is 12.9. The van der Waals surface area contributed by atoms with Crippen LogP contribution < -0.4 is 0 Å². The molecule has 0 aliphatic carbocycles. The minimum Gasteiger partial charge on any atom is -0.462 e. The fraction of sp³-hybridized carbons (Fsp3) is 0.167. The second-order valence-corrected chi connectivity index (χ2v) is 9.52. The van der Waals surface area contributed by atoms with Gasteiger partial charge in [0.2, 0.25) is 0 Å². The number of thioether (sulfide) groups is 1. The Morgan fingerprint density at radius 2 is 1.74 bits per heavy atom. The van der Waals surface area contributed by atoms with E-state index < -0.39 is 0 Å². The van der Waals surface area contributed by atoms with E-state index in [-0.39, 0.29) is 5.97 Å². The molecular formula is C30H27ClO2S. The number of ether oxygens (including phenoxy) is 1. The van der Waals surface area contributed by atoms with Crippen molar-refractivity contribution in [3.63, 3.8) is 0 Å². The van der Waals surface area contributed by atoms with E-state index in [0.717, 1.165) is 51.1 Å². The standard InChI is InChI=1S/C30H27ClO2S/c1-2-33-30(32)28-18-17-23-12-6-7-16-27(23)29(28)24(20-22-10-4-3-5-11-22)13-9-19-34-26-15-8-14-25(31)21-26/h3-8,10-12,14-18,20-21H,2,9,13,19H2,1H3/b24-20-. The Kier molecular flexibility index (Phi) is 8.46. The number of hydrogen-bond donors (Lipinski definition) is 0. The molecule has 0 amide bonds. The van der Waals surface area contributed by atoms with Gasteiger partial charge in [-0.1, -0.05) is 84.4 Å². The predicted molar refractivity (Wildman–Crippen MR) is 146 cm³/mol. The van der Waals surface area contributed by atoms with E-state index in [9.17, 15) is 4.79 Å². The molecule has 2 nitrogen and oxygen atoms in total. The molecule has 0 bridgehead atoms. The first kappa shape index (κ1) is 24.1. The van der Waals surface area contributed by atoms with Gasteiger partial charge in [-0.3, -0.25) is 0 Å². The van der Waals surface area contributed by atoms with Gasteiger partial charge in [0.25, 0.3) is 0 Å². The lowest BCUT2D eigenvalue weighted by Crippen LogP contribution is -2.08. The second-order valence-electron chi connectivity index (χ2n) is 7.92. The van der Waals surface area contributed by atoms with Crippen LogP contribution in [-0.4, -0.2) is 18.3 Å². The quantitative estimate of drug-likeness (QED) is 0.102. The molecule has 0 heterocycles. The van der Waals surface area contributed by atoms with Gasteiger partial charge < -0.3 is 4.74 Å². The summed E-state index contributed by atoms with van der Waals surface area (Å²) in [6, 6.07) is 30.3. The summed E-state index contributed by atoms with van der Waals surface area (Å²) in [7, 11) is 0. The van der Waals surface area contributed by atoms with E-state index in [2.05, 4.69) is 36.4 Å². The number of rotatable bonds is 9. The first-order chi connectivity index (χ1) is 16.7. The molecule has 0 radical (unpaired) electrons. The molecule has 4 aromatic carbocycles. The lowest BCUT2D eigenvalue weighted by Gasteiger charge is -2.16. The van der Waals surface area contributed by atoms with E-state index >= 15 is 0 Å². The highest BCUT2D eigenvalue weighted by atomic mass is 35.5. The van der Waals surface area contributed by atoms with E-state index in [0.29, 0.717) is 12.2 Å². The molecule has 0 unspecified atom stereocenters. The van der Waals surface area contributed by atoms with Crippen molar-refractivity contribution < 1.29 is 9.53 Å². The SMILES string of the molecule is CCOC(=O)c1ccc2ccccc2c1/C(=C\c1ccccc1)CCCSc1cccc(Cl)c1. The molecule has 0 saturated carbocycles. The van der Waals surface area contributed by atoms with Crippen molar-refractivity contribution in [2.75, 3.05) is 12.4 Å². The fourth-order valence-corrected chi connectivity index (χ4v) is 5.19. The molecule has 4 aromatic rings. The fourth-order valence-electron chi connectivity index (χ4n) is 4.03. The van der Waals surface area contributed by atoms with Crippen molar-refractivity contribution in [2.24, 2.45) is 0 Å². The maximum atomic E-state index is 12.9. The largest absolute Gasteiger partial charge is 0.462 e. The van der Waals surface area contributed by atoms with Gasteiger partial charge in [-0.2, -0.15) is 0 Å². The van der Waals surface area contributed by atoms with E-state index in [1.165, 1.54) is 4.90 Å². The van der Waals surface area contributed by atoms with E-state index in [4.69, 9.17) is 16.3 Å². The van der Waals surface area contributed by atoms with E-state index in [1.54, 1.807) is 11.8 Å². The zero-order valence-electron chi connectivity index (χ0n) is 19.2. The summed E-state index contributed by atoms with van der Waals surface area (Å²) in [6.45, 7) is 2.19. The Morgan fingerprint density at radius 3 is 2.53 bits per heavy atom. The van der Waals surface area contributed by atoms with Gasteiger partial charge in [-0.25, -0.2) is 4.79 Å². The van der Waals surface area contributed by atoms with Crippen LogP contribution in [0.25, 0.3) is 22.4 Å². The topological polar surface area (TPSA) is 26.3 Å². The minimum absolute atomic E-state index is 0.282. The average Bonchev–Trinajstić information content (AvgIpc) is 2.86. The van der Waals surface area contributed by atoms with Crippen molar-refractivity contribution in [2.45, 2.75) is 24.7 Å². The Balaban J connectivity index is 1.70.